The Morgan fingerprint density at radius 1 is 1.13 bits per heavy atom. The molecule has 2 heterocycles. The zero-order chi connectivity index (χ0) is 27.1. The van der Waals surface area contributed by atoms with Gasteiger partial charge in [0.1, 0.15) is 0 Å². The van der Waals surface area contributed by atoms with Crippen LogP contribution >= 0.6 is 23.4 Å². The number of methoxy groups -OCH3 is 1. The van der Waals surface area contributed by atoms with E-state index in [1.54, 1.807) is 13.2 Å². The van der Waals surface area contributed by atoms with Crippen LogP contribution in [0.15, 0.2) is 47.6 Å². The fraction of sp³-hybridized carbons (Fsp3) is 0.444. The largest absolute Gasteiger partial charge is 0.493 e. The van der Waals surface area contributed by atoms with Gasteiger partial charge in [-0.15, -0.1) is 10.2 Å². The predicted molar refractivity (Wildman–Crippen MR) is 151 cm³/mol. The third-order valence-corrected chi connectivity index (χ3v) is 7.21. The van der Waals surface area contributed by atoms with E-state index < -0.39 is 0 Å². The second-order valence-electron chi connectivity index (χ2n) is 9.36. The Bertz CT molecular complexity index is 1230. The van der Waals surface area contributed by atoms with Crippen molar-refractivity contribution in [3.8, 4) is 11.5 Å². The molecule has 0 bridgehead atoms. The van der Waals surface area contributed by atoms with Crippen molar-refractivity contribution in [3.05, 3.63) is 53.3 Å². The van der Waals surface area contributed by atoms with Gasteiger partial charge in [-0.2, -0.15) is 0 Å². The van der Waals surface area contributed by atoms with Crippen molar-refractivity contribution in [3.63, 3.8) is 0 Å². The highest BCUT2D eigenvalue weighted by Crippen LogP contribution is 2.32. The van der Waals surface area contributed by atoms with Gasteiger partial charge in [0.05, 0.1) is 36.8 Å². The molecule has 0 spiro atoms. The van der Waals surface area contributed by atoms with Gasteiger partial charge in [0.2, 0.25) is 5.91 Å². The average molecular weight is 560 g/mol. The van der Waals surface area contributed by atoms with E-state index in [0.717, 1.165) is 18.8 Å². The van der Waals surface area contributed by atoms with E-state index >= 15 is 0 Å². The molecule has 2 aromatic carbocycles. The van der Waals surface area contributed by atoms with Crippen LogP contribution in [0.25, 0.3) is 0 Å². The number of nitrogens with zero attached hydrogens (tertiary/aromatic N) is 4. The first-order valence-corrected chi connectivity index (χ1v) is 14.0. The fourth-order valence-electron chi connectivity index (χ4n) is 4.18. The molecule has 1 N–H and O–H groups in total. The number of carbonyl (C=O) groups excluding carboxylic acids is 1. The average Bonchev–Trinajstić information content (AvgIpc) is 3.30. The first-order valence-electron chi connectivity index (χ1n) is 12.6. The summed E-state index contributed by atoms with van der Waals surface area (Å²) in [5, 5.41) is 13.0. The van der Waals surface area contributed by atoms with Crippen molar-refractivity contribution in [2.24, 2.45) is 5.92 Å². The van der Waals surface area contributed by atoms with Crippen molar-refractivity contribution >= 4 is 40.6 Å². The highest BCUT2D eigenvalue weighted by atomic mass is 35.5. The molecule has 1 atom stereocenters. The van der Waals surface area contributed by atoms with Crippen LogP contribution in [0.1, 0.15) is 32.7 Å². The summed E-state index contributed by atoms with van der Waals surface area (Å²) in [5.74, 6) is 2.36. The molecule has 1 aliphatic rings. The van der Waals surface area contributed by atoms with Crippen molar-refractivity contribution < 1.29 is 19.0 Å². The highest BCUT2D eigenvalue weighted by molar-refractivity contribution is 7.99. The summed E-state index contributed by atoms with van der Waals surface area (Å²) in [7, 11) is 1.61. The third-order valence-electron chi connectivity index (χ3n) is 5.95. The van der Waals surface area contributed by atoms with Crippen LogP contribution in [0.5, 0.6) is 11.5 Å². The summed E-state index contributed by atoms with van der Waals surface area (Å²) < 4.78 is 19.0. The summed E-state index contributed by atoms with van der Waals surface area (Å²) in [6.07, 6.45) is -0.368. The SMILES string of the molecule is COc1ccccc1OC(C)c1nnc(SCC(=O)Nc2ccc(N3CCOCC3)c(Cl)c2)n1CC(C)C. The number of morpholine rings is 1. The number of hydrogen-bond donors (Lipinski definition) is 1. The summed E-state index contributed by atoms with van der Waals surface area (Å²) in [6.45, 7) is 9.83. The molecule has 38 heavy (non-hydrogen) atoms. The number of nitrogens with one attached hydrogen (secondary N) is 1. The molecule has 0 radical (unpaired) electrons. The Balaban J connectivity index is 1.40. The van der Waals surface area contributed by atoms with Crippen LogP contribution in [-0.4, -0.2) is 59.8 Å². The maximum Gasteiger partial charge on any atom is 0.234 e. The fourth-order valence-corrected chi connectivity index (χ4v) is 5.23. The Labute approximate surface area is 232 Å². The topological polar surface area (TPSA) is 90.7 Å². The summed E-state index contributed by atoms with van der Waals surface area (Å²) in [6, 6.07) is 13.1. The van der Waals surface area contributed by atoms with E-state index in [0.29, 0.717) is 58.9 Å². The number of carbonyl (C=O) groups is 1. The molecule has 0 aliphatic carbocycles. The standard InChI is InChI=1S/C27H34ClN5O4S/c1-18(2)16-33-26(19(3)37-24-8-6-5-7-23(24)35-4)30-31-27(33)38-17-25(34)29-20-9-10-22(21(28)15-20)32-11-13-36-14-12-32/h5-10,15,18-19H,11-14,16-17H2,1-4H3,(H,29,34). The number of ether oxygens (including phenoxy) is 3. The molecule has 9 nitrogen and oxygen atoms in total. The predicted octanol–water partition coefficient (Wildman–Crippen LogP) is 5.30. The molecular weight excluding hydrogens is 526 g/mol. The molecule has 3 aromatic rings. The quantitative estimate of drug-likeness (QED) is 0.316. The maximum atomic E-state index is 12.8. The van der Waals surface area contributed by atoms with Crippen LogP contribution in [0, 0.1) is 5.92 Å². The zero-order valence-electron chi connectivity index (χ0n) is 22.1. The number of aromatic nitrogens is 3. The maximum absolute atomic E-state index is 12.8. The summed E-state index contributed by atoms with van der Waals surface area (Å²) in [4.78, 5) is 15.0. The van der Waals surface area contributed by atoms with Crippen molar-refractivity contribution in [2.45, 2.75) is 38.6 Å². The lowest BCUT2D eigenvalue weighted by Crippen LogP contribution is -2.36. The molecule has 1 amide bonds. The van der Waals surface area contributed by atoms with E-state index in [-0.39, 0.29) is 17.8 Å². The van der Waals surface area contributed by atoms with Crippen LogP contribution in [0.3, 0.4) is 0 Å². The molecule has 1 unspecified atom stereocenters. The lowest BCUT2D eigenvalue weighted by atomic mass is 10.2. The zero-order valence-corrected chi connectivity index (χ0v) is 23.7. The summed E-state index contributed by atoms with van der Waals surface area (Å²) in [5.41, 5.74) is 1.60. The van der Waals surface area contributed by atoms with Crippen LogP contribution < -0.4 is 19.7 Å². The second-order valence-corrected chi connectivity index (χ2v) is 10.7. The molecule has 204 valence electrons. The highest BCUT2D eigenvalue weighted by Gasteiger charge is 2.22. The minimum absolute atomic E-state index is 0.149. The van der Waals surface area contributed by atoms with Gasteiger partial charge in [-0.3, -0.25) is 4.79 Å². The minimum Gasteiger partial charge on any atom is -0.493 e. The number of thioether (sulfide) groups is 1. The first-order chi connectivity index (χ1) is 18.4. The van der Waals surface area contributed by atoms with Crippen LogP contribution in [-0.2, 0) is 16.1 Å². The number of benzene rings is 2. The van der Waals surface area contributed by atoms with E-state index in [1.165, 1.54) is 11.8 Å². The normalized spacial score (nSPS) is 14.4. The van der Waals surface area contributed by atoms with Crippen molar-refractivity contribution in [1.29, 1.82) is 0 Å². The van der Waals surface area contributed by atoms with E-state index in [2.05, 4.69) is 34.3 Å². The molecule has 0 saturated carbocycles. The number of anilines is 2. The van der Waals surface area contributed by atoms with Gasteiger partial charge in [-0.05, 0) is 43.2 Å². The Morgan fingerprint density at radius 2 is 1.87 bits per heavy atom. The van der Waals surface area contributed by atoms with Gasteiger partial charge >= 0.3 is 0 Å². The number of hydrogen-bond acceptors (Lipinski definition) is 8. The molecule has 4 rings (SSSR count). The molecule has 1 aromatic heterocycles. The van der Waals surface area contributed by atoms with Gasteiger partial charge in [0, 0.05) is 25.3 Å². The monoisotopic (exact) mass is 559 g/mol. The van der Waals surface area contributed by atoms with Gasteiger partial charge in [-0.25, -0.2) is 0 Å². The van der Waals surface area contributed by atoms with Crippen LogP contribution in [0.4, 0.5) is 11.4 Å². The molecule has 1 saturated heterocycles. The van der Waals surface area contributed by atoms with Crippen LogP contribution in [0.2, 0.25) is 5.02 Å². The molecule has 11 heteroatoms. The van der Waals surface area contributed by atoms with Gasteiger partial charge in [0.25, 0.3) is 0 Å². The minimum atomic E-state index is -0.368. The first kappa shape index (κ1) is 28.1. The van der Waals surface area contributed by atoms with Gasteiger partial charge in [-0.1, -0.05) is 49.3 Å². The lowest BCUT2D eigenvalue weighted by Gasteiger charge is -2.29. The number of halogens is 1. The van der Waals surface area contributed by atoms with E-state index in [4.69, 9.17) is 25.8 Å². The molecular formula is C27H34ClN5O4S. The van der Waals surface area contributed by atoms with E-state index in [9.17, 15) is 4.79 Å². The lowest BCUT2D eigenvalue weighted by molar-refractivity contribution is -0.113. The number of rotatable bonds is 11. The van der Waals surface area contributed by atoms with Crippen molar-refractivity contribution in [1.82, 2.24) is 14.8 Å². The van der Waals surface area contributed by atoms with E-state index in [1.807, 2.05) is 47.9 Å². The smallest absolute Gasteiger partial charge is 0.234 e. The van der Waals surface area contributed by atoms with Gasteiger partial charge in [0.15, 0.2) is 28.6 Å². The number of para-hydroxylation sites is 2. The Morgan fingerprint density at radius 3 is 2.55 bits per heavy atom. The molecule has 1 aliphatic heterocycles. The van der Waals surface area contributed by atoms with Gasteiger partial charge < -0.3 is 29.0 Å². The Hall–Kier alpha value is -2.95. The summed E-state index contributed by atoms with van der Waals surface area (Å²) >= 11 is 7.86. The van der Waals surface area contributed by atoms with Crippen molar-refractivity contribution in [2.75, 3.05) is 49.4 Å². The Kier molecular flexibility index (Phi) is 9.76. The molecule has 1 fully saturated rings. The third kappa shape index (κ3) is 7.12. The second kappa shape index (κ2) is 13.2. The number of amides is 1.